The van der Waals surface area contributed by atoms with Gasteiger partial charge in [0.1, 0.15) is 12.4 Å². The Balaban J connectivity index is 1.17. The molecule has 1 aromatic heterocycles. The molecule has 2 aliphatic heterocycles. The fraction of sp³-hybridized carbons (Fsp3) is 0.333. The third-order valence-electron chi connectivity index (χ3n) is 6.27. The third kappa shape index (κ3) is 5.78. The van der Waals surface area contributed by atoms with Crippen molar-refractivity contribution in [1.29, 1.82) is 0 Å². The molecule has 6 heteroatoms. The third-order valence-corrected chi connectivity index (χ3v) is 6.27. The molecule has 0 unspecified atom stereocenters. The summed E-state index contributed by atoms with van der Waals surface area (Å²) < 4.78 is 6.05. The molecule has 6 nitrogen and oxygen atoms in total. The van der Waals surface area contributed by atoms with Crippen LogP contribution in [0.4, 0.5) is 5.95 Å². The van der Waals surface area contributed by atoms with Gasteiger partial charge in [0.15, 0.2) is 0 Å². The summed E-state index contributed by atoms with van der Waals surface area (Å²) in [6.07, 6.45) is 8.07. The summed E-state index contributed by atoms with van der Waals surface area (Å²) >= 11 is 0. The lowest BCUT2D eigenvalue weighted by Gasteiger charge is -2.34. The molecule has 0 amide bonds. The van der Waals surface area contributed by atoms with Crippen LogP contribution in [0.25, 0.3) is 6.08 Å². The van der Waals surface area contributed by atoms with Crippen molar-refractivity contribution in [1.82, 2.24) is 19.8 Å². The molecule has 33 heavy (non-hydrogen) atoms. The van der Waals surface area contributed by atoms with E-state index in [2.05, 4.69) is 85.4 Å². The van der Waals surface area contributed by atoms with E-state index in [1.807, 2.05) is 18.5 Å². The number of fused-ring (bicyclic) bond motifs is 1. The molecule has 3 heterocycles. The summed E-state index contributed by atoms with van der Waals surface area (Å²) in [4.78, 5) is 16.0. The van der Waals surface area contributed by atoms with Gasteiger partial charge in [0.05, 0.1) is 0 Å². The van der Waals surface area contributed by atoms with Gasteiger partial charge < -0.3 is 9.64 Å². The Hall–Kier alpha value is -3.22. The maximum Gasteiger partial charge on any atom is 0.225 e. The molecule has 0 atom stereocenters. The monoisotopic (exact) mass is 441 g/mol. The number of piperazine rings is 1. The van der Waals surface area contributed by atoms with Crippen LogP contribution in [-0.2, 0) is 13.1 Å². The summed E-state index contributed by atoms with van der Waals surface area (Å²) in [6.45, 7) is 8.42. The van der Waals surface area contributed by atoms with Gasteiger partial charge in [-0.1, -0.05) is 48.6 Å². The quantitative estimate of drug-likeness (QED) is 0.581. The molecule has 170 valence electrons. The molecular formula is C27H31N5O. The standard InChI is InChI=1S/C27H31N5O/c1-2-6-23(7-3-1)8-4-13-30-18-19-33-26-10-9-24(20-25(26)22-30)21-31-14-16-32(17-15-31)27-28-11-5-12-29-27/h1-12,20H,13-19,21-22H2/b8-4+. The topological polar surface area (TPSA) is 44.7 Å². The van der Waals surface area contributed by atoms with E-state index in [1.54, 1.807) is 0 Å². The predicted octanol–water partition coefficient (Wildman–Crippen LogP) is 3.71. The van der Waals surface area contributed by atoms with Crippen LogP contribution in [0.2, 0.25) is 0 Å². The number of benzene rings is 2. The molecule has 1 saturated heterocycles. The van der Waals surface area contributed by atoms with Gasteiger partial charge in [0, 0.05) is 70.3 Å². The summed E-state index contributed by atoms with van der Waals surface area (Å²) in [5.41, 5.74) is 3.88. The first-order valence-corrected chi connectivity index (χ1v) is 11.8. The smallest absolute Gasteiger partial charge is 0.225 e. The Morgan fingerprint density at radius 3 is 2.48 bits per heavy atom. The number of rotatable bonds is 6. The SMILES string of the molecule is C(=C\c1ccccc1)/CN1CCOc2ccc(CN3CCN(c4ncccn4)CC3)cc2C1. The van der Waals surface area contributed by atoms with Crippen LogP contribution >= 0.6 is 0 Å². The zero-order valence-electron chi connectivity index (χ0n) is 19.0. The Bertz CT molecular complexity index is 1050. The zero-order valence-corrected chi connectivity index (χ0v) is 19.0. The predicted molar refractivity (Wildman–Crippen MR) is 132 cm³/mol. The van der Waals surface area contributed by atoms with Gasteiger partial charge in [-0.2, -0.15) is 0 Å². The van der Waals surface area contributed by atoms with Crippen molar-refractivity contribution in [2.75, 3.05) is 50.8 Å². The Labute approximate surface area is 196 Å². The molecule has 5 rings (SSSR count). The van der Waals surface area contributed by atoms with E-state index < -0.39 is 0 Å². The fourth-order valence-corrected chi connectivity index (χ4v) is 4.48. The van der Waals surface area contributed by atoms with Crippen molar-refractivity contribution < 1.29 is 4.74 Å². The van der Waals surface area contributed by atoms with E-state index in [1.165, 1.54) is 16.7 Å². The number of hydrogen-bond donors (Lipinski definition) is 0. The maximum atomic E-state index is 6.05. The van der Waals surface area contributed by atoms with Crippen molar-refractivity contribution in [3.8, 4) is 5.75 Å². The van der Waals surface area contributed by atoms with E-state index >= 15 is 0 Å². The van der Waals surface area contributed by atoms with E-state index in [9.17, 15) is 0 Å². The lowest BCUT2D eigenvalue weighted by molar-refractivity contribution is 0.243. The summed E-state index contributed by atoms with van der Waals surface area (Å²) in [6, 6.07) is 19.0. The first-order chi connectivity index (χ1) is 16.3. The highest BCUT2D eigenvalue weighted by Gasteiger charge is 2.20. The van der Waals surface area contributed by atoms with Crippen LogP contribution in [0, 0.1) is 0 Å². The largest absolute Gasteiger partial charge is 0.492 e. The Morgan fingerprint density at radius 1 is 0.848 bits per heavy atom. The number of aromatic nitrogens is 2. The van der Waals surface area contributed by atoms with Crippen LogP contribution in [0.5, 0.6) is 5.75 Å². The number of ether oxygens (including phenoxy) is 1. The van der Waals surface area contributed by atoms with E-state index in [0.717, 1.165) is 70.7 Å². The average Bonchev–Trinajstić information content (AvgIpc) is 3.07. The first-order valence-electron chi connectivity index (χ1n) is 11.8. The summed E-state index contributed by atoms with van der Waals surface area (Å²) in [7, 11) is 0. The van der Waals surface area contributed by atoms with Crippen LogP contribution in [0.1, 0.15) is 16.7 Å². The highest BCUT2D eigenvalue weighted by molar-refractivity contribution is 5.48. The second-order valence-electron chi connectivity index (χ2n) is 8.65. The van der Waals surface area contributed by atoms with Crippen molar-refractivity contribution in [3.63, 3.8) is 0 Å². The summed E-state index contributed by atoms with van der Waals surface area (Å²) in [5.74, 6) is 1.86. The van der Waals surface area contributed by atoms with Gasteiger partial charge in [-0.3, -0.25) is 9.80 Å². The molecule has 0 radical (unpaired) electrons. The minimum Gasteiger partial charge on any atom is -0.492 e. The van der Waals surface area contributed by atoms with Crippen LogP contribution < -0.4 is 9.64 Å². The first kappa shape index (κ1) is 21.6. The molecule has 2 aromatic carbocycles. The molecule has 0 spiro atoms. The fourth-order valence-electron chi connectivity index (χ4n) is 4.48. The lowest BCUT2D eigenvalue weighted by Crippen LogP contribution is -2.46. The maximum absolute atomic E-state index is 6.05. The zero-order chi connectivity index (χ0) is 22.3. The van der Waals surface area contributed by atoms with Crippen molar-refractivity contribution >= 4 is 12.0 Å². The second kappa shape index (κ2) is 10.6. The minimum atomic E-state index is 0.731. The second-order valence-corrected chi connectivity index (χ2v) is 8.65. The summed E-state index contributed by atoms with van der Waals surface area (Å²) in [5, 5.41) is 0. The Morgan fingerprint density at radius 2 is 1.67 bits per heavy atom. The Kier molecular flexibility index (Phi) is 6.94. The molecule has 1 fully saturated rings. The number of anilines is 1. The van der Waals surface area contributed by atoms with Gasteiger partial charge in [-0.25, -0.2) is 9.97 Å². The van der Waals surface area contributed by atoms with Crippen molar-refractivity contribution in [2.45, 2.75) is 13.1 Å². The van der Waals surface area contributed by atoms with Gasteiger partial charge >= 0.3 is 0 Å². The molecule has 2 aliphatic rings. The number of nitrogens with zero attached hydrogens (tertiary/aromatic N) is 5. The van der Waals surface area contributed by atoms with Gasteiger partial charge in [0.2, 0.25) is 5.95 Å². The average molecular weight is 442 g/mol. The highest BCUT2D eigenvalue weighted by atomic mass is 16.5. The lowest BCUT2D eigenvalue weighted by atomic mass is 10.1. The number of hydrogen-bond acceptors (Lipinski definition) is 6. The van der Waals surface area contributed by atoms with Crippen LogP contribution in [0.15, 0.2) is 73.1 Å². The van der Waals surface area contributed by atoms with Gasteiger partial charge in [-0.05, 0) is 29.3 Å². The minimum absolute atomic E-state index is 0.731. The molecule has 0 aliphatic carbocycles. The molecule has 0 bridgehead atoms. The normalized spacial score (nSPS) is 17.5. The molecule has 0 N–H and O–H groups in total. The van der Waals surface area contributed by atoms with E-state index in [-0.39, 0.29) is 0 Å². The van der Waals surface area contributed by atoms with E-state index in [4.69, 9.17) is 4.74 Å². The van der Waals surface area contributed by atoms with Gasteiger partial charge in [0.25, 0.3) is 0 Å². The molecule has 3 aromatic rings. The van der Waals surface area contributed by atoms with E-state index in [0.29, 0.717) is 0 Å². The van der Waals surface area contributed by atoms with Gasteiger partial charge in [-0.15, -0.1) is 0 Å². The van der Waals surface area contributed by atoms with Crippen LogP contribution in [-0.4, -0.2) is 65.6 Å². The molecule has 0 saturated carbocycles. The van der Waals surface area contributed by atoms with Crippen molar-refractivity contribution in [3.05, 3.63) is 89.8 Å². The van der Waals surface area contributed by atoms with Crippen molar-refractivity contribution in [2.24, 2.45) is 0 Å². The van der Waals surface area contributed by atoms with Crippen LogP contribution in [0.3, 0.4) is 0 Å². The highest BCUT2D eigenvalue weighted by Crippen LogP contribution is 2.25. The molecular weight excluding hydrogens is 410 g/mol.